The summed E-state index contributed by atoms with van der Waals surface area (Å²) in [6.07, 6.45) is -0.845. The molecule has 0 aromatic heterocycles. The number of sulfonamides is 1. The largest absolute Gasteiger partial charge is 0.481 e. The number of carbonyl (C=O) groups is 1. The summed E-state index contributed by atoms with van der Waals surface area (Å²) in [5.74, 6) is -0.0252. The van der Waals surface area contributed by atoms with Gasteiger partial charge >= 0.3 is 0 Å². The molecule has 2 rings (SSSR count). The van der Waals surface area contributed by atoms with Crippen molar-refractivity contribution in [2.45, 2.75) is 31.8 Å². The lowest BCUT2D eigenvalue weighted by molar-refractivity contribution is -0.122. The van der Waals surface area contributed by atoms with E-state index < -0.39 is 22.0 Å². The van der Waals surface area contributed by atoms with Gasteiger partial charge in [-0.3, -0.25) is 4.79 Å². The van der Waals surface area contributed by atoms with E-state index in [1.165, 1.54) is 20.2 Å². The lowest BCUT2D eigenvalue weighted by Crippen LogP contribution is -2.30. The van der Waals surface area contributed by atoms with Crippen LogP contribution < -0.4 is 10.1 Å². The molecule has 7 nitrogen and oxygen atoms in total. The number of aryl methyl sites for hydroxylation is 1. The van der Waals surface area contributed by atoms with E-state index in [0.29, 0.717) is 17.0 Å². The molecule has 0 heterocycles. The summed E-state index contributed by atoms with van der Waals surface area (Å²) in [6, 6.07) is 11.5. The van der Waals surface area contributed by atoms with Gasteiger partial charge in [0.1, 0.15) is 5.75 Å². The van der Waals surface area contributed by atoms with Gasteiger partial charge in [-0.1, -0.05) is 6.07 Å². The van der Waals surface area contributed by atoms with E-state index in [0.717, 1.165) is 15.4 Å². The molecule has 1 unspecified atom stereocenters. The van der Waals surface area contributed by atoms with Crippen LogP contribution in [0.1, 0.15) is 23.6 Å². The maximum atomic E-state index is 12.6. The number of rotatable bonds is 6. The zero-order chi connectivity index (χ0) is 21.1. The SMILES string of the molecule is Cc1cc(S(=O)(=O)N(C)C)cc(NC(=O)C(C)Oc2cccc(C#N)c2)c1C. The molecule has 148 valence electrons. The molecule has 0 saturated heterocycles. The molecular formula is C20H23N3O4S. The molecule has 0 radical (unpaired) electrons. The second kappa shape index (κ2) is 8.42. The van der Waals surface area contributed by atoms with Gasteiger partial charge < -0.3 is 10.1 Å². The highest BCUT2D eigenvalue weighted by molar-refractivity contribution is 7.89. The Balaban J connectivity index is 2.25. The average molecular weight is 401 g/mol. The third-order valence-corrected chi connectivity index (χ3v) is 6.12. The molecule has 2 aromatic rings. The molecule has 1 amide bonds. The summed E-state index contributed by atoms with van der Waals surface area (Å²) in [6.45, 7) is 5.17. The molecule has 1 atom stereocenters. The minimum Gasteiger partial charge on any atom is -0.481 e. The smallest absolute Gasteiger partial charge is 0.265 e. The highest BCUT2D eigenvalue weighted by atomic mass is 32.2. The topological polar surface area (TPSA) is 99.5 Å². The number of nitriles is 1. The maximum absolute atomic E-state index is 12.6. The first-order valence-electron chi connectivity index (χ1n) is 8.57. The highest BCUT2D eigenvalue weighted by Crippen LogP contribution is 2.26. The van der Waals surface area contributed by atoms with E-state index in [-0.39, 0.29) is 4.90 Å². The summed E-state index contributed by atoms with van der Waals surface area (Å²) in [7, 11) is -0.726. The van der Waals surface area contributed by atoms with Crippen LogP contribution in [0.5, 0.6) is 5.75 Å². The molecule has 0 spiro atoms. The van der Waals surface area contributed by atoms with Crippen molar-refractivity contribution in [2.24, 2.45) is 0 Å². The number of carbonyl (C=O) groups excluding carboxylic acids is 1. The zero-order valence-corrected chi connectivity index (χ0v) is 17.3. The fourth-order valence-corrected chi connectivity index (χ4v) is 3.46. The van der Waals surface area contributed by atoms with Crippen molar-refractivity contribution < 1.29 is 17.9 Å². The van der Waals surface area contributed by atoms with Gasteiger partial charge in [-0.15, -0.1) is 0 Å². The maximum Gasteiger partial charge on any atom is 0.265 e. The van der Waals surface area contributed by atoms with Crippen molar-refractivity contribution in [3.05, 3.63) is 53.1 Å². The number of hydrogen-bond acceptors (Lipinski definition) is 5. The van der Waals surface area contributed by atoms with E-state index >= 15 is 0 Å². The van der Waals surface area contributed by atoms with Crippen molar-refractivity contribution in [3.8, 4) is 11.8 Å². The minimum atomic E-state index is -3.63. The van der Waals surface area contributed by atoms with Crippen LogP contribution in [-0.2, 0) is 14.8 Å². The standard InChI is InChI=1S/C20H23N3O4S/c1-13-9-18(28(25,26)23(4)5)11-19(14(13)2)22-20(24)15(3)27-17-8-6-7-16(10-17)12-21/h6-11,15H,1-5H3,(H,22,24). The predicted octanol–water partition coefficient (Wildman–Crippen LogP) is 2.83. The Morgan fingerprint density at radius 1 is 1.21 bits per heavy atom. The molecule has 1 N–H and O–H groups in total. The molecule has 0 aliphatic heterocycles. The summed E-state index contributed by atoms with van der Waals surface area (Å²) >= 11 is 0. The van der Waals surface area contributed by atoms with E-state index in [2.05, 4.69) is 5.32 Å². The van der Waals surface area contributed by atoms with E-state index in [4.69, 9.17) is 10.00 Å². The van der Waals surface area contributed by atoms with E-state index in [1.54, 1.807) is 51.1 Å². The van der Waals surface area contributed by atoms with Crippen molar-refractivity contribution in [2.75, 3.05) is 19.4 Å². The Hall–Kier alpha value is -2.89. The number of nitrogens with zero attached hydrogens (tertiary/aromatic N) is 2. The Labute approximate surface area is 165 Å². The summed E-state index contributed by atoms with van der Waals surface area (Å²) < 4.78 is 31.6. The number of anilines is 1. The third-order valence-electron chi connectivity index (χ3n) is 4.32. The van der Waals surface area contributed by atoms with Crippen LogP contribution in [0.3, 0.4) is 0 Å². The Bertz CT molecular complexity index is 1040. The lowest BCUT2D eigenvalue weighted by atomic mass is 10.1. The molecule has 2 aromatic carbocycles. The number of ether oxygens (including phenoxy) is 1. The quantitative estimate of drug-likeness (QED) is 0.802. The number of hydrogen-bond donors (Lipinski definition) is 1. The van der Waals surface area contributed by atoms with Crippen LogP contribution in [0.2, 0.25) is 0 Å². The lowest BCUT2D eigenvalue weighted by Gasteiger charge is -2.18. The molecule has 0 aliphatic carbocycles. The van der Waals surface area contributed by atoms with Crippen LogP contribution in [0.15, 0.2) is 41.3 Å². The van der Waals surface area contributed by atoms with Crippen molar-refractivity contribution in [1.82, 2.24) is 4.31 Å². The van der Waals surface area contributed by atoms with Gasteiger partial charge in [0.2, 0.25) is 10.0 Å². The number of amides is 1. The second-order valence-electron chi connectivity index (χ2n) is 6.59. The van der Waals surface area contributed by atoms with Gasteiger partial charge in [0.05, 0.1) is 16.5 Å². The van der Waals surface area contributed by atoms with Crippen molar-refractivity contribution in [3.63, 3.8) is 0 Å². The van der Waals surface area contributed by atoms with Gasteiger partial charge in [0.15, 0.2) is 6.10 Å². The third kappa shape index (κ3) is 4.68. The summed E-state index contributed by atoms with van der Waals surface area (Å²) in [4.78, 5) is 12.7. The second-order valence-corrected chi connectivity index (χ2v) is 8.74. The van der Waals surface area contributed by atoms with Crippen LogP contribution in [0, 0.1) is 25.2 Å². The van der Waals surface area contributed by atoms with Gasteiger partial charge in [-0.2, -0.15) is 5.26 Å². The Morgan fingerprint density at radius 2 is 1.89 bits per heavy atom. The zero-order valence-electron chi connectivity index (χ0n) is 16.5. The van der Waals surface area contributed by atoms with Crippen LogP contribution in [-0.4, -0.2) is 38.8 Å². The average Bonchev–Trinajstić information content (AvgIpc) is 2.64. The van der Waals surface area contributed by atoms with Gasteiger partial charge in [0.25, 0.3) is 5.91 Å². The molecule has 28 heavy (non-hydrogen) atoms. The van der Waals surface area contributed by atoms with Gasteiger partial charge in [-0.05, 0) is 62.2 Å². The van der Waals surface area contributed by atoms with Crippen molar-refractivity contribution in [1.29, 1.82) is 5.26 Å². The normalized spacial score (nSPS) is 12.3. The fraction of sp³-hybridized carbons (Fsp3) is 0.300. The van der Waals surface area contributed by atoms with E-state index in [1.807, 2.05) is 6.07 Å². The number of benzene rings is 2. The minimum absolute atomic E-state index is 0.103. The first-order chi connectivity index (χ1) is 13.1. The molecule has 0 saturated carbocycles. The van der Waals surface area contributed by atoms with Crippen LogP contribution >= 0.6 is 0 Å². The van der Waals surface area contributed by atoms with Crippen molar-refractivity contribution >= 4 is 21.6 Å². The summed E-state index contributed by atoms with van der Waals surface area (Å²) in [5.41, 5.74) is 2.35. The first-order valence-corrected chi connectivity index (χ1v) is 10.0. The van der Waals surface area contributed by atoms with E-state index in [9.17, 15) is 13.2 Å². The molecule has 0 aliphatic rings. The summed E-state index contributed by atoms with van der Waals surface area (Å²) in [5, 5.41) is 11.7. The highest BCUT2D eigenvalue weighted by Gasteiger charge is 2.22. The van der Waals surface area contributed by atoms with Crippen LogP contribution in [0.25, 0.3) is 0 Å². The molecule has 8 heteroatoms. The Morgan fingerprint density at radius 3 is 2.50 bits per heavy atom. The fourth-order valence-electron chi connectivity index (χ4n) is 2.45. The van der Waals surface area contributed by atoms with Gasteiger partial charge in [0, 0.05) is 19.8 Å². The first kappa shape index (κ1) is 21.4. The number of nitrogens with one attached hydrogen (secondary N) is 1. The van der Waals surface area contributed by atoms with Gasteiger partial charge in [-0.25, -0.2) is 12.7 Å². The molecule has 0 bridgehead atoms. The predicted molar refractivity (Wildman–Crippen MR) is 107 cm³/mol. The Kier molecular flexibility index (Phi) is 6.44. The monoisotopic (exact) mass is 401 g/mol. The molecule has 0 fully saturated rings. The van der Waals surface area contributed by atoms with Crippen LogP contribution in [0.4, 0.5) is 5.69 Å². The molecular weight excluding hydrogens is 378 g/mol.